The maximum absolute atomic E-state index is 11.8. The molecule has 0 spiro atoms. The number of hydrogen-bond donors (Lipinski definition) is 0. The molecule has 5 nitrogen and oxygen atoms in total. The molecule has 0 saturated heterocycles. The third kappa shape index (κ3) is 4.80. The summed E-state index contributed by atoms with van der Waals surface area (Å²) in [5, 5.41) is 0. The molecule has 22 heavy (non-hydrogen) atoms. The van der Waals surface area contributed by atoms with Crippen LogP contribution in [0.2, 0.25) is 0 Å². The number of ether oxygens (including phenoxy) is 4. The van der Waals surface area contributed by atoms with Crippen molar-refractivity contribution in [1.82, 2.24) is 0 Å². The lowest BCUT2D eigenvalue weighted by molar-refractivity contribution is -0.155. The molecule has 0 bridgehead atoms. The van der Waals surface area contributed by atoms with Crippen molar-refractivity contribution in [3.05, 3.63) is 35.4 Å². The Morgan fingerprint density at radius 1 is 1.14 bits per heavy atom. The summed E-state index contributed by atoms with van der Waals surface area (Å²) in [4.78, 5) is 11.8. The fraction of sp³-hybridized carbons (Fsp3) is 0.588. The van der Waals surface area contributed by atoms with Gasteiger partial charge in [-0.05, 0) is 11.1 Å². The van der Waals surface area contributed by atoms with E-state index in [-0.39, 0.29) is 24.6 Å². The first kappa shape index (κ1) is 16.9. The molecule has 1 aliphatic rings. The molecule has 0 aromatic heterocycles. The Labute approximate surface area is 131 Å². The van der Waals surface area contributed by atoms with E-state index in [4.69, 9.17) is 18.9 Å². The Bertz CT molecular complexity index is 474. The lowest BCUT2D eigenvalue weighted by atomic mass is 10.0. The highest BCUT2D eigenvalue weighted by Crippen LogP contribution is 2.34. The molecule has 1 aromatic carbocycles. The molecular weight excluding hydrogens is 284 g/mol. The Morgan fingerprint density at radius 2 is 1.86 bits per heavy atom. The van der Waals surface area contributed by atoms with Gasteiger partial charge in [-0.1, -0.05) is 31.2 Å². The standard InChI is InChI=1S/C17H24O5/c1-13-15-6-4-3-5-14(15)11-16(13)22-17(18)12-21-10-9-20-8-7-19-2/h3-6,13,16H,7-12H2,1-2H3. The third-order valence-corrected chi connectivity index (χ3v) is 3.83. The SMILES string of the molecule is COCCOCCOCC(=O)OC1Cc2ccccc2C1C. The smallest absolute Gasteiger partial charge is 0.332 e. The molecular formula is C17H24O5. The molecule has 0 amide bonds. The molecule has 2 rings (SSSR count). The van der Waals surface area contributed by atoms with Crippen molar-refractivity contribution in [2.45, 2.75) is 25.4 Å². The number of fused-ring (bicyclic) bond motifs is 1. The minimum absolute atomic E-state index is 0.0345. The monoisotopic (exact) mass is 308 g/mol. The quantitative estimate of drug-likeness (QED) is 0.515. The van der Waals surface area contributed by atoms with Crippen molar-refractivity contribution < 1.29 is 23.7 Å². The summed E-state index contributed by atoms with van der Waals surface area (Å²) in [5.41, 5.74) is 2.54. The second kappa shape index (κ2) is 8.88. The van der Waals surface area contributed by atoms with Crippen LogP contribution in [0.15, 0.2) is 24.3 Å². The molecule has 1 aliphatic carbocycles. The second-order valence-electron chi connectivity index (χ2n) is 5.38. The first-order chi connectivity index (χ1) is 10.7. The fourth-order valence-electron chi connectivity index (χ4n) is 2.62. The van der Waals surface area contributed by atoms with E-state index < -0.39 is 0 Å². The van der Waals surface area contributed by atoms with Crippen LogP contribution in [0, 0.1) is 0 Å². The molecule has 0 N–H and O–H groups in total. The van der Waals surface area contributed by atoms with E-state index in [0.717, 1.165) is 6.42 Å². The minimum Gasteiger partial charge on any atom is -0.460 e. The normalized spacial score (nSPS) is 19.9. The van der Waals surface area contributed by atoms with E-state index in [0.29, 0.717) is 26.4 Å². The summed E-state index contributed by atoms with van der Waals surface area (Å²) in [6.45, 7) is 3.97. The van der Waals surface area contributed by atoms with Crippen LogP contribution in [0.3, 0.4) is 0 Å². The minimum atomic E-state index is -0.318. The van der Waals surface area contributed by atoms with Crippen LogP contribution in [0.25, 0.3) is 0 Å². The summed E-state index contributed by atoms with van der Waals surface area (Å²) in [6, 6.07) is 8.23. The molecule has 0 aliphatic heterocycles. The fourth-order valence-corrected chi connectivity index (χ4v) is 2.62. The number of hydrogen-bond acceptors (Lipinski definition) is 5. The van der Waals surface area contributed by atoms with E-state index in [9.17, 15) is 4.79 Å². The van der Waals surface area contributed by atoms with Gasteiger partial charge in [0.05, 0.1) is 26.4 Å². The van der Waals surface area contributed by atoms with Gasteiger partial charge in [0.25, 0.3) is 0 Å². The maximum atomic E-state index is 11.8. The van der Waals surface area contributed by atoms with Gasteiger partial charge in [0, 0.05) is 19.4 Å². The molecule has 122 valence electrons. The lowest BCUT2D eigenvalue weighted by Gasteiger charge is -2.17. The van der Waals surface area contributed by atoms with Gasteiger partial charge in [-0.15, -0.1) is 0 Å². The maximum Gasteiger partial charge on any atom is 0.332 e. The van der Waals surface area contributed by atoms with Crippen LogP contribution in [0.1, 0.15) is 24.0 Å². The number of carbonyl (C=O) groups excluding carboxylic acids is 1. The van der Waals surface area contributed by atoms with Gasteiger partial charge >= 0.3 is 5.97 Å². The summed E-state index contributed by atoms with van der Waals surface area (Å²) in [5.74, 6) is -0.0842. The summed E-state index contributed by atoms with van der Waals surface area (Å²) in [7, 11) is 1.62. The Hall–Kier alpha value is -1.43. The topological polar surface area (TPSA) is 54.0 Å². The van der Waals surface area contributed by atoms with E-state index >= 15 is 0 Å². The van der Waals surface area contributed by atoms with Crippen LogP contribution in [-0.2, 0) is 30.2 Å². The summed E-state index contributed by atoms with van der Waals surface area (Å²) < 4.78 is 20.9. The van der Waals surface area contributed by atoms with Crippen molar-refractivity contribution in [2.24, 2.45) is 0 Å². The number of carbonyl (C=O) groups is 1. The highest BCUT2D eigenvalue weighted by atomic mass is 16.6. The van der Waals surface area contributed by atoms with E-state index in [2.05, 4.69) is 19.1 Å². The lowest BCUT2D eigenvalue weighted by Crippen LogP contribution is -2.24. The van der Waals surface area contributed by atoms with Crippen LogP contribution in [0.4, 0.5) is 0 Å². The second-order valence-corrected chi connectivity index (χ2v) is 5.38. The largest absolute Gasteiger partial charge is 0.460 e. The molecule has 2 atom stereocenters. The average molecular weight is 308 g/mol. The number of benzene rings is 1. The van der Waals surface area contributed by atoms with Crippen molar-refractivity contribution in [1.29, 1.82) is 0 Å². The van der Waals surface area contributed by atoms with Crippen molar-refractivity contribution >= 4 is 5.97 Å². The number of esters is 1. The third-order valence-electron chi connectivity index (χ3n) is 3.83. The summed E-state index contributed by atoms with van der Waals surface area (Å²) >= 11 is 0. The molecule has 2 unspecified atom stereocenters. The predicted molar refractivity (Wildman–Crippen MR) is 82.0 cm³/mol. The van der Waals surface area contributed by atoms with E-state index in [1.54, 1.807) is 7.11 Å². The van der Waals surface area contributed by atoms with Gasteiger partial charge in [-0.3, -0.25) is 0 Å². The molecule has 0 heterocycles. The van der Waals surface area contributed by atoms with Crippen molar-refractivity contribution in [3.8, 4) is 0 Å². The molecule has 1 aromatic rings. The molecule has 0 saturated carbocycles. The van der Waals surface area contributed by atoms with Crippen LogP contribution >= 0.6 is 0 Å². The first-order valence-corrected chi connectivity index (χ1v) is 7.64. The first-order valence-electron chi connectivity index (χ1n) is 7.64. The Balaban J connectivity index is 1.62. The Morgan fingerprint density at radius 3 is 2.64 bits per heavy atom. The van der Waals surface area contributed by atoms with Crippen LogP contribution in [0.5, 0.6) is 0 Å². The molecule has 5 heteroatoms. The number of rotatable bonds is 9. The van der Waals surface area contributed by atoms with E-state index in [1.807, 2.05) is 12.1 Å². The van der Waals surface area contributed by atoms with E-state index in [1.165, 1.54) is 11.1 Å². The van der Waals surface area contributed by atoms with Gasteiger partial charge in [0.15, 0.2) is 0 Å². The Kier molecular flexibility index (Phi) is 6.83. The highest BCUT2D eigenvalue weighted by Gasteiger charge is 2.31. The van der Waals surface area contributed by atoms with Gasteiger partial charge in [0.1, 0.15) is 12.7 Å². The zero-order chi connectivity index (χ0) is 15.8. The van der Waals surface area contributed by atoms with Crippen LogP contribution in [-0.4, -0.2) is 52.2 Å². The number of methoxy groups -OCH3 is 1. The predicted octanol–water partition coefficient (Wildman–Crippen LogP) is 1.94. The van der Waals surface area contributed by atoms with Gasteiger partial charge < -0.3 is 18.9 Å². The van der Waals surface area contributed by atoms with Gasteiger partial charge in [-0.25, -0.2) is 4.79 Å². The van der Waals surface area contributed by atoms with Crippen LogP contribution < -0.4 is 0 Å². The zero-order valence-corrected chi connectivity index (χ0v) is 13.2. The van der Waals surface area contributed by atoms with Gasteiger partial charge in [0.2, 0.25) is 0 Å². The summed E-state index contributed by atoms with van der Waals surface area (Å²) in [6.07, 6.45) is 0.690. The zero-order valence-electron chi connectivity index (χ0n) is 13.2. The average Bonchev–Trinajstić information content (AvgIpc) is 2.83. The van der Waals surface area contributed by atoms with Crippen molar-refractivity contribution in [3.63, 3.8) is 0 Å². The molecule has 0 radical (unpaired) electrons. The van der Waals surface area contributed by atoms with Crippen molar-refractivity contribution in [2.75, 3.05) is 40.1 Å². The molecule has 0 fully saturated rings. The van der Waals surface area contributed by atoms with Gasteiger partial charge in [-0.2, -0.15) is 0 Å². The highest BCUT2D eigenvalue weighted by molar-refractivity contribution is 5.71.